The van der Waals surface area contributed by atoms with Crippen LogP contribution < -0.4 is 91.7 Å². The Kier molecular flexibility index (Phi) is 17.5. The third-order valence-corrected chi connectivity index (χ3v) is 21.7. The van der Waals surface area contributed by atoms with E-state index in [2.05, 4.69) is 233 Å². The molecule has 0 N–H and O–H groups in total. The van der Waals surface area contributed by atoms with Gasteiger partial charge in [-0.1, -0.05) is 81.2 Å². The van der Waals surface area contributed by atoms with Gasteiger partial charge in [-0.25, -0.2) is 8.78 Å². The van der Waals surface area contributed by atoms with Crippen molar-refractivity contribution in [1.29, 1.82) is 10.5 Å². The number of halogens is 2. The Bertz CT molecular complexity index is 5100. The van der Waals surface area contributed by atoms with Crippen LogP contribution in [0.4, 0.5) is 42.9 Å². The Labute approximate surface area is 559 Å². The van der Waals surface area contributed by atoms with Crippen LogP contribution in [0.2, 0.25) is 0 Å². The Balaban J connectivity index is 1.24. The molecule has 0 saturated carbocycles. The van der Waals surface area contributed by atoms with E-state index in [0.29, 0.717) is 33.6 Å². The van der Waals surface area contributed by atoms with Gasteiger partial charge >= 0.3 is 0 Å². The van der Waals surface area contributed by atoms with E-state index >= 15 is 8.78 Å². The Morgan fingerprint density at radius 1 is 0.348 bits per heavy atom. The second kappa shape index (κ2) is 24.8. The zero-order chi connectivity index (χ0) is 66.5. The molecular formula is C66H62B20F2N4. The molecule has 0 bridgehead atoms. The van der Waals surface area contributed by atoms with Crippen molar-refractivity contribution in [3.8, 4) is 45.5 Å². The summed E-state index contributed by atoms with van der Waals surface area (Å²) in [6.45, 7) is 4.89. The molecule has 0 fully saturated rings. The van der Waals surface area contributed by atoms with Crippen molar-refractivity contribution in [1.82, 2.24) is 0 Å². The molecule has 11 aromatic carbocycles. The first kappa shape index (κ1) is 64.9. The number of nitrogens with zero attached hydrogens (tertiary/aromatic N) is 4. The third-order valence-electron chi connectivity index (χ3n) is 21.7. The quantitative estimate of drug-likeness (QED) is 0.0695. The van der Waals surface area contributed by atoms with E-state index in [1.54, 1.807) is 12.1 Å². The maximum Gasteiger partial charge on any atom is 0.139 e. The number of hydrogen-bond acceptors (Lipinski definition) is 4. The van der Waals surface area contributed by atoms with Gasteiger partial charge in [0.15, 0.2) is 0 Å². The number of nitriles is 2. The van der Waals surface area contributed by atoms with Crippen molar-refractivity contribution >= 4 is 311 Å². The van der Waals surface area contributed by atoms with E-state index < -0.39 is 0 Å². The molecule has 0 amide bonds. The molecule has 0 heterocycles. The fourth-order valence-corrected chi connectivity index (χ4v) is 14.5. The average Bonchev–Trinajstić information content (AvgIpc) is 0.727. The molecule has 0 unspecified atom stereocenters. The largest absolute Gasteiger partial charge is 0.309 e. The molecule has 26 heteroatoms. The maximum atomic E-state index is 18.3. The van der Waals surface area contributed by atoms with Crippen LogP contribution in [-0.4, -0.2) is 157 Å². The first-order chi connectivity index (χ1) is 43.6. The highest BCUT2D eigenvalue weighted by Crippen LogP contribution is 2.51. The maximum absolute atomic E-state index is 18.3. The van der Waals surface area contributed by atoms with Crippen molar-refractivity contribution in [2.24, 2.45) is 0 Å². The molecule has 4 nitrogen and oxygen atoms in total. The van der Waals surface area contributed by atoms with Crippen LogP contribution in [0.25, 0.3) is 71.3 Å². The molecule has 11 aromatic rings. The van der Waals surface area contributed by atoms with Crippen molar-refractivity contribution in [2.45, 2.75) is 0 Å². The van der Waals surface area contributed by atoms with Crippen LogP contribution in [0.5, 0.6) is 0 Å². The second-order valence-corrected chi connectivity index (χ2v) is 26.1. The van der Waals surface area contributed by atoms with Crippen molar-refractivity contribution < 1.29 is 8.78 Å². The fourth-order valence-electron chi connectivity index (χ4n) is 14.5. The van der Waals surface area contributed by atoms with Gasteiger partial charge in [-0.2, -0.15) is 15.9 Å². The first-order valence-corrected chi connectivity index (χ1v) is 31.9. The number of allylic oxidation sites excluding steroid dienone is 4. The van der Waals surface area contributed by atoms with Gasteiger partial charge in [0.1, 0.15) is 169 Å². The number of hydrogen-bond donors (Lipinski definition) is 0. The van der Waals surface area contributed by atoms with E-state index in [-0.39, 0.29) is 11.6 Å². The molecule has 0 aliphatic carbocycles. The predicted molar refractivity (Wildman–Crippen MR) is 454 cm³/mol. The number of benzene rings is 11. The SMILES string of the molecule is BC(B)=C(B)/C(B)=C(/B)C(=C)c1cc(-c2c(B)c(B)c(B)c(B)c2B)c(F)cc1N(c1ccc(C#N)cc1)c1ccc2ccc3c(N(c4ccc(C#N)cc4)c4cc(F)c(-c5c(B)c(B)c(B)c(B)c5B)cc4-c4c(B)c(B)c(B)c(B)c4B)ccc4ccc1c2c43. The van der Waals surface area contributed by atoms with Gasteiger partial charge in [0.2, 0.25) is 0 Å². The minimum atomic E-state index is -0.368. The van der Waals surface area contributed by atoms with Crippen LogP contribution >= 0.6 is 0 Å². The Morgan fingerprint density at radius 3 is 1.04 bits per heavy atom. The third kappa shape index (κ3) is 10.5. The standard InChI is InChI=1S/C66H62B20F2N4/c1-24(48(67)55(74)65(84)66(85)86)33-18-34(45-49(68)56(75)62(81)57(76)50(45)69)37(87)20-41(33)91(29-10-2-25(22-89)3-11-29)39-16-8-27-7-15-32-40(17-9-28-6-14-31(39)43(27)44(28)32)92(30-12-4-26(23-90)5-13-30)42-21-38(88)35(46-51(70)58(77)63(82)59(78)52(46)71)19-36(42)47-53(72)60(79)64(83)61(80)54(47)73/h2-21H,1,67-86H2/b55-48-. The van der Waals surface area contributed by atoms with Crippen LogP contribution in [0.3, 0.4) is 0 Å². The molecule has 11 rings (SSSR count). The molecule has 0 aromatic heterocycles. The molecule has 420 valence electrons. The number of anilines is 6. The highest BCUT2D eigenvalue weighted by molar-refractivity contribution is 6.71. The molecule has 0 atom stereocenters. The fraction of sp³-hybridized carbons (Fsp3) is 0. The van der Waals surface area contributed by atoms with Crippen LogP contribution in [0, 0.1) is 34.3 Å². The zero-order valence-electron chi connectivity index (χ0n) is 57.3. The minimum Gasteiger partial charge on any atom is -0.309 e. The van der Waals surface area contributed by atoms with Gasteiger partial charge in [0.25, 0.3) is 0 Å². The molecule has 0 aliphatic heterocycles. The van der Waals surface area contributed by atoms with Crippen molar-refractivity contribution in [3.63, 3.8) is 0 Å². The van der Waals surface area contributed by atoms with Gasteiger partial charge in [0, 0.05) is 44.4 Å². The molecule has 0 spiro atoms. The smallest absolute Gasteiger partial charge is 0.139 e. The summed E-state index contributed by atoms with van der Waals surface area (Å²) in [4.78, 5) is 4.32. The normalized spacial score (nSPS) is 11.6. The van der Waals surface area contributed by atoms with E-state index in [9.17, 15) is 10.5 Å². The molecule has 0 aliphatic rings. The van der Waals surface area contributed by atoms with Crippen LogP contribution in [0.15, 0.2) is 150 Å². The summed E-state index contributed by atoms with van der Waals surface area (Å²) in [6.07, 6.45) is 0. The van der Waals surface area contributed by atoms with Gasteiger partial charge in [-0.15, -0.1) is 60.1 Å². The van der Waals surface area contributed by atoms with Crippen molar-refractivity contribution in [3.05, 3.63) is 178 Å². The monoisotopic (exact) mass is 1170 g/mol. The summed E-state index contributed by atoms with van der Waals surface area (Å²) in [7, 11) is 42.8. The Morgan fingerprint density at radius 2 is 0.674 bits per heavy atom. The van der Waals surface area contributed by atoms with Crippen molar-refractivity contribution in [2.75, 3.05) is 9.80 Å². The van der Waals surface area contributed by atoms with Gasteiger partial charge in [-0.05, 0) is 129 Å². The lowest BCUT2D eigenvalue weighted by Crippen LogP contribution is -2.55. The second-order valence-electron chi connectivity index (χ2n) is 26.1. The van der Waals surface area contributed by atoms with E-state index in [1.165, 1.54) is 38.2 Å². The molecular weight excluding hydrogens is 1100 g/mol. The summed E-state index contributed by atoms with van der Waals surface area (Å²) in [5.74, 6) is -0.709. The van der Waals surface area contributed by atoms with E-state index in [0.717, 1.165) is 154 Å². The highest BCUT2D eigenvalue weighted by atomic mass is 19.1. The molecule has 0 radical (unpaired) electrons. The lowest BCUT2D eigenvalue weighted by molar-refractivity contribution is 0.631. The molecule has 0 saturated heterocycles. The highest BCUT2D eigenvalue weighted by Gasteiger charge is 2.30. The summed E-state index contributed by atoms with van der Waals surface area (Å²) in [5.41, 5.74) is 31.9. The predicted octanol–water partition coefficient (Wildman–Crippen LogP) is -13.0. The summed E-state index contributed by atoms with van der Waals surface area (Å²) >= 11 is 0. The van der Waals surface area contributed by atoms with Gasteiger partial charge < -0.3 is 9.80 Å². The van der Waals surface area contributed by atoms with Gasteiger partial charge in [-0.3, -0.25) is 0 Å². The minimum absolute atomic E-state index is 0.342. The van der Waals surface area contributed by atoms with Crippen LogP contribution in [0.1, 0.15) is 16.7 Å². The average molecular weight is 1170 g/mol. The Hall–Kier alpha value is -8.58. The van der Waals surface area contributed by atoms with E-state index in [1.807, 2.05) is 54.6 Å². The molecule has 92 heavy (non-hydrogen) atoms. The topological polar surface area (TPSA) is 54.1 Å². The zero-order valence-corrected chi connectivity index (χ0v) is 57.3. The summed E-state index contributed by atoms with van der Waals surface area (Å²) in [6, 6.07) is 44.5. The summed E-state index contributed by atoms with van der Waals surface area (Å²) in [5, 5.41) is 27.4. The lowest BCUT2D eigenvalue weighted by Gasteiger charge is -2.33. The van der Waals surface area contributed by atoms with Crippen LogP contribution in [-0.2, 0) is 0 Å². The lowest BCUT2D eigenvalue weighted by atomic mass is 9.59. The van der Waals surface area contributed by atoms with E-state index in [4.69, 9.17) is 6.58 Å². The van der Waals surface area contributed by atoms with Gasteiger partial charge in [0.05, 0.1) is 46.0 Å². The number of rotatable bonds is 12. The first-order valence-electron chi connectivity index (χ1n) is 31.9. The summed E-state index contributed by atoms with van der Waals surface area (Å²) < 4.78 is 36.5.